The summed E-state index contributed by atoms with van der Waals surface area (Å²) in [6, 6.07) is 7.02. The Morgan fingerprint density at radius 1 is 1.38 bits per heavy atom. The molecule has 0 spiro atoms. The molecule has 0 aliphatic heterocycles. The first kappa shape index (κ1) is 17.7. The second-order valence-corrected chi connectivity index (χ2v) is 5.87. The predicted molar refractivity (Wildman–Crippen MR) is 85.0 cm³/mol. The average Bonchev–Trinajstić information content (AvgIpc) is 2.44. The van der Waals surface area contributed by atoms with E-state index in [1.165, 1.54) is 0 Å². The first-order chi connectivity index (χ1) is 9.95. The van der Waals surface area contributed by atoms with Crippen molar-refractivity contribution in [2.24, 2.45) is 0 Å². The molecule has 1 aromatic carbocycles. The topological polar surface area (TPSA) is 69.6 Å². The Morgan fingerprint density at radius 2 is 2.10 bits per heavy atom. The van der Waals surface area contributed by atoms with Crippen LogP contribution in [0.25, 0.3) is 0 Å². The third-order valence-corrected chi connectivity index (χ3v) is 3.48. The summed E-state index contributed by atoms with van der Waals surface area (Å²) in [5, 5.41) is 11.5. The van der Waals surface area contributed by atoms with Crippen molar-refractivity contribution in [2.45, 2.75) is 26.3 Å². The zero-order chi connectivity index (χ0) is 15.8. The molecule has 0 atom stereocenters. The van der Waals surface area contributed by atoms with Crippen molar-refractivity contribution in [3.8, 4) is 0 Å². The molecule has 0 radical (unpaired) electrons. The maximum atomic E-state index is 12.1. The van der Waals surface area contributed by atoms with Crippen molar-refractivity contribution in [3.63, 3.8) is 0 Å². The Kier molecular flexibility index (Phi) is 7.39. The highest BCUT2D eigenvalue weighted by Crippen LogP contribution is 2.11. The van der Waals surface area contributed by atoms with Crippen molar-refractivity contribution in [3.05, 3.63) is 34.3 Å². The molecule has 0 saturated heterocycles. The van der Waals surface area contributed by atoms with E-state index in [4.69, 9.17) is 5.11 Å². The predicted octanol–water partition coefficient (Wildman–Crippen LogP) is 1.80. The van der Waals surface area contributed by atoms with E-state index in [2.05, 4.69) is 21.2 Å². The van der Waals surface area contributed by atoms with Crippen LogP contribution in [0.15, 0.2) is 28.7 Å². The summed E-state index contributed by atoms with van der Waals surface area (Å²) in [6.45, 7) is 4.30. The van der Waals surface area contributed by atoms with Gasteiger partial charge >= 0.3 is 0 Å². The van der Waals surface area contributed by atoms with Gasteiger partial charge in [-0.25, -0.2) is 0 Å². The Morgan fingerprint density at radius 3 is 2.67 bits per heavy atom. The van der Waals surface area contributed by atoms with Gasteiger partial charge in [-0.05, 0) is 38.5 Å². The maximum absolute atomic E-state index is 12.1. The highest BCUT2D eigenvalue weighted by atomic mass is 79.9. The largest absolute Gasteiger partial charge is 0.396 e. The molecule has 21 heavy (non-hydrogen) atoms. The molecule has 0 aromatic heterocycles. The van der Waals surface area contributed by atoms with Crippen LogP contribution < -0.4 is 5.32 Å². The zero-order valence-electron chi connectivity index (χ0n) is 12.3. The SMILES string of the molecule is CC(C)N(CCCO)C(=O)CNC(=O)c1cccc(Br)c1. The van der Waals surface area contributed by atoms with E-state index >= 15 is 0 Å². The lowest BCUT2D eigenvalue weighted by molar-refractivity contribution is -0.131. The summed E-state index contributed by atoms with van der Waals surface area (Å²) in [5.41, 5.74) is 0.503. The van der Waals surface area contributed by atoms with Crippen molar-refractivity contribution in [2.75, 3.05) is 19.7 Å². The molecule has 2 amide bonds. The molecule has 2 N–H and O–H groups in total. The van der Waals surface area contributed by atoms with Crippen molar-refractivity contribution >= 4 is 27.7 Å². The molecule has 1 aromatic rings. The summed E-state index contributed by atoms with van der Waals surface area (Å²) in [4.78, 5) is 25.7. The number of amides is 2. The first-order valence-electron chi connectivity index (χ1n) is 6.89. The number of hydrogen-bond acceptors (Lipinski definition) is 3. The third-order valence-electron chi connectivity index (χ3n) is 2.99. The Bertz CT molecular complexity index is 492. The molecule has 0 heterocycles. The van der Waals surface area contributed by atoms with Crippen molar-refractivity contribution in [1.82, 2.24) is 10.2 Å². The lowest BCUT2D eigenvalue weighted by Crippen LogP contribution is -2.44. The minimum Gasteiger partial charge on any atom is -0.396 e. The summed E-state index contributed by atoms with van der Waals surface area (Å²) in [6.07, 6.45) is 0.531. The molecule has 0 fully saturated rings. The lowest BCUT2D eigenvalue weighted by atomic mass is 10.2. The summed E-state index contributed by atoms with van der Waals surface area (Å²) < 4.78 is 0.813. The number of carbonyl (C=O) groups is 2. The molecular weight excluding hydrogens is 336 g/mol. The van der Waals surface area contributed by atoms with Crippen LogP contribution in [0.5, 0.6) is 0 Å². The molecular formula is C15H21BrN2O3. The van der Waals surface area contributed by atoms with Gasteiger partial charge in [0.05, 0.1) is 6.54 Å². The van der Waals surface area contributed by atoms with Gasteiger partial charge in [-0.3, -0.25) is 9.59 Å². The van der Waals surface area contributed by atoms with Gasteiger partial charge in [0.1, 0.15) is 0 Å². The zero-order valence-corrected chi connectivity index (χ0v) is 13.9. The third kappa shape index (κ3) is 5.85. The van der Waals surface area contributed by atoms with Gasteiger partial charge in [0, 0.05) is 29.2 Å². The Balaban J connectivity index is 2.56. The van der Waals surface area contributed by atoms with Gasteiger partial charge in [-0.2, -0.15) is 0 Å². The lowest BCUT2D eigenvalue weighted by Gasteiger charge is -2.26. The number of aliphatic hydroxyl groups excluding tert-OH is 1. The number of nitrogens with one attached hydrogen (secondary N) is 1. The van der Waals surface area contributed by atoms with Gasteiger partial charge in [-0.1, -0.05) is 22.0 Å². The molecule has 0 unspecified atom stereocenters. The average molecular weight is 357 g/mol. The number of nitrogens with zero attached hydrogens (tertiary/aromatic N) is 1. The van der Waals surface area contributed by atoms with E-state index in [1.54, 1.807) is 23.1 Å². The smallest absolute Gasteiger partial charge is 0.251 e. The van der Waals surface area contributed by atoms with Gasteiger partial charge < -0.3 is 15.3 Å². The van der Waals surface area contributed by atoms with Crippen LogP contribution in [0.1, 0.15) is 30.6 Å². The van der Waals surface area contributed by atoms with Crippen LogP contribution in [-0.2, 0) is 4.79 Å². The van der Waals surface area contributed by atoms with E-state index in [-0.39, 0.29) is 31.0 Å². The molecule has 0 saturated carbocycles. The quantitative estimate of drug-likeness (QED) is 0.782. The van der Waals surface area contributed by atoms with Gasteiger partial charge in [0.25, 0.3) is 5.91 Å². The van der Waals surface area contributed by atoms with Crippen molar-refractivity contribution < 1.29 is 14.7 Å². The maximum Gasteiger partial charge on any atom is 0.251 e. The van der Waals surface area contributed by atoms with E-state index in [9.17, 15) is 9.59 Å². The fraction of sp³-hybridized carbons (Fsp3) is 0.467. The van der Waals surface area contributed by atoms with Crippen LogP contribution in [0.2, 0.25) is 0 Å². The number of halogens is 1. The minimum atomic E-state index is -0.282. The van der Waals surface area contributed by atoms with Gasteiger partial charge in [0.15, 0.2) is 0 Å². The van der Waals surface area contributed by atoms with Crippen LogP contribution in [-0.4, -0.2) is 47.6 Å². The monoisotopic (exact) mass is 356 g/mol. The van der Waals surface area contributed by atoms with E-state index in [0.717, 1.165) is 4.47 Å². The Hall–Kier alpha value is -1.40. The fourth-order valence-corrected chi connectivity index (χ4v) is 2.30. The Labute approximate surface area is 133 Å². The normalized spacial score (nSPS) is 10.5. The van der Waals surface area contributed by atoms with Gasteiger partial charge in [0.2, 0.25) is 5.91 Å². The molecule has 116 valence electrons. The fourth-order valence-electron chi connectivity index (χ4n) is 1.90. The highest BCUT2D eigenvalue weighted by Gasteiger charge is 2.17. The number of rotatable bonds is 7. The van der Waals surface area contributed by atoms with E-state index < -0.39 is 0 Å². The standard InChI is InChI=1S/C15H21BrN2O3/c1-11(2)18(7-4-8-19)14(20)10-17-15(21)12-5-3-6-13(16)9-12/h3,5-6,9,11,19H,4,7-8,10H2,1-2H3,(H,17,21). The molecule has 0 aliphatic carbocycles. The van der Waals surface area contributed by atoms with Gasteiger partial charge in [-0.15, -0.1) is 0 Å². The summed E-state index contributed by atoms with van der Waals surface area (Å²) >= 11 is 3.30. The second-order valence-electron chi connectivity index (χ2n) is 4.95. The van der Waals surface area contributed by atoms with Crippen molar-refractivity contribution in [1.29, 1.82) is 0 Å². The highest BCUT2D eigenvalue weighted by molar-refractivity contribution is 9.10. The first-order valence-corrected chi connectivity index (χ1v) is 7.69. The molecule has 1 rings (SSSR count). The molecule has 5 nitrogen and oxygen atoms in total. The van der Waals surface area contributed by atoms with Crippen LogP contribution in [0.4, 0.5) is 0 Å². The number of benzene rings is 1. The summed E-state index contributed by atoms with van der Waals surface area (Å²) in [5.74, 6) is -0.433. The minimum absolute atomic E-state index is 0.0341. The second kappa shape index (κ2) is 8.79. The van der Waals surface area contributed by atoms with Crippen LogP contribution in [0.3, 0.4) is 0 Å². The summed E-state index contributed by atoms with van der Waals surface area (Å²) in [7, 11) is 0. The van der Waals surface area contributed by atoms with E-state index in [1.807, 2.05) is 19.9 Å². The van der Waals surface area contributed by atoms with Crippen LogP contribution in [0, 0.1) is 0 Å². The number of hydrogen-bond donors (Lipinski definition) is 2. The van der Waals surface area contributed by atoms with E-state index in [0.29, 0.717) is 18.5 Å². The number of aliphatic hydroxyl groups is 1. The molecule has 0 aliphatic rings. The number of carbonyl (C=O) groups excluding carboxylic acids is 2. The molecule has 6 heteroatoms. The van der Waals surface area contributed by atoms with Crippen LogP contribution >= 0.6 is 15.9 Å². The molecule has 0 bridgehead atoms.